The molecule has 4 heteroatoms. The Labute approximate surface area is 113 Å². The first-order chi connectivity index (χ1) is 8.76. The van der Waals surface area contributed by atoms with Crippen molar-refractivity contribution in [3.8, 4) is 0 Å². The van der Waals surface area contributed by atoms with Gasteiger partial charge in [-0.05, 0) is 36.4 Å². The second kappa shape index (κ2) is 9.00. The molecule has 0 saturated carbocycles. The predicted molar refractivity (Wildman–Crippen MR) is 75.8 cm³/mol. The number of carbonyl (C=O) groups excluding carboxylic acids is 1. The van der Waals surface area contributed by atoms with Crippen molar-refractivity contribution in [1.29, 1.82) is 0 Å². The minimum absolute atomic E-state index is 0.128. The first-order valence-electron chi connectivity index (χ1n) is 6.25. The number of esters is 1. The number of rotatable bonds is 8. The molecule has 1 N–H and O–H groups in total. The van der Waals surface area contributed by atoms with Crippen LogP contribution < -0.4 is 5.32 Å². The van der Waals surface area contributed by atoms with E-state index in [9.17, 15) is 4.79 Å². The summed E-state index contributed by atoms with van der Waals surface area (Å²) in [6.45, 7) is 4.01. The molecule has 0 aliphatic carbocycles. The summed E-state index contributed by atoms with van der Waals surface area (Å²) in [5, 5.41) is 3.30. The highest BCUT2D eigenvalue weighted by atomic mass is 32.2. The lowest BCUT2D eigenvalue weighted by Gasteiger charge is -2.04. The Morgan fingerprint density at radius 1 is 1.33 bits per heavy atom. The minimum Gasteiger partial charge on any atom is -0.469 e. The summed E-state index contributed by atoms with van der Waals surface area (Å²) < 4.78 is 4.60. The molecule has 0 heterocycles. The molecule has 0 radical (unpaired) electrons. The first-order valence-corrected chi connectivity index (χ1v) is 7.24. The molecule has 0 aliphatic heterocycles. The fourth-order valence-electron chi connectivity index (χ4n) is 1.48. The van der Waals surface area contributed by atoms with Crippen LogP contribution in [0.25, 0.3) is 0 Å². The van der Waals surface area contributed by atoms with Crippen LogP contribution in [0.1, 0.15) is 25.3 Å². The third-order valence-electron chi connectivity index (χ3n) is 2.52. The van der Waals surface area contributed by atoms with E-state index in [0.717, 1.165) is 25.3 Å². The normalized spacial score (nSPS) is 10.3. The van der Waals surface area contributed by atoms with Crippen LogP contribution >= 0.6 is 11.8 Å². The number of hydrogen-bond donors (Lipinski definition) is 1. The maximum atomic E-state index is 10.9. The smallest absolute Gasteiger partial charge is 0.305 e. The molecule has 100 valence electrons. The first kappa shape index (κ1) is 15.1. The number of hydrogen-bond acceptors (Lipinski definition) is 4. The molecule has 1 rings (SSSR count). The summed E-state index contributed by atoms with van der Waals surface area (Å²) in [5.41, 5.74) is 1.30. The Bertz CT molecular complexity index is 351. The third-order valence-corrected chi connectivity index (χ3v) is 3.62. The highest BCUT2D eigenvalue weighted by molar-refractivity contribution is 7.99. The van der Waals surface area contributed by atoms with Gasteiger partial charge in [-0.3, -0.25) is 4.79 Å². The highest BCUT2D eigenvalue weighted by Crippen LogP contribution is 2.19. The molecule has 0 spiro atoms. The Morgan fingerprint density at radius 3 is 2.67 bits per heavy atom. The Kier molecular flexibility index (Phi) is 7.53. The molecule has 1 aromatic rings. The summed E-state index contributed by atoms with van der Waals surface area (Å²) in [6.07, 6.45) is 1.36. The van der Waals surface area contributed by atoms with E-state index in [1.165, 1.54) is 17.6 Å². The van der Waals surface area contributed by atoms with Crippen LogP contribution in [0, 0.1) is 0 Å². The molecule has 0 unspecified atom stereocenters. The van der Waals surface area contributed by atoms with Crippen molar-refractivity contribution in [3.63, 3.8) is 0 Å². The minimum atomic E-state index is -0.128. The van der Waals surface area contributed by atoms with E-state index in [4.69, 9.17) is 0 Å². The van der Waals surface area contributed by atoms with Crippen LogP contribution in [0.5, 0.6) is 0 Å². The fourth-order valence-corrected chi connectivity index (χ4v) is 2.33. The lowest BCUT2D eigenvalue weighted by atomic mass is 10.2. The molecule has 0 aliphatic rings. The van der Waals surface area contributed by atoms with Gasteiger partial charge in [0, 0.05) is 17.9 Å². The second-order valence-corrected chi connectivity index (χ2v) is 5.12. The molecular formula is C14H21NO2S. The summed E-state index contributed by atoms with van der Waals surface area (Å²) >= 11 is 1.78. The Morgan fingerprint density at radius 2 is 2.06 bits per heavy atom. The monoisotopic (exact) mass is 267 g/mol. The number of ether oxygens (including phenoxy) is 1. The number of carbonyl (C=O) groups is 1. The highest BCUT2D eigenvalue weighted by Gasteiger charge is 2.00. The molecule has 0 bridgehead atoms. The largest absolute Gasteiger partial charge is 0.469 e. The van der Waals surface area contributed by atoms with Gasteiger partial charge in [0.2, 0.25) is 0 Å². The van der Waals surface area contributed by atoms with Gasteiger partial charge in [0.25, 0.3) is 0 Å². The molecule has 0 aromatic heterocycles. The molecule has 0 atom stereocenters. The van der Waals surface area contributed by atoms with Crippen LogP contribution in [0.4, 0.5) is 0 Å². The quantitative estimate of drug-likeness (QED) is 0.446. The van der Waals surface area contributed by atoms with Crippen LogP contribution in [-0.2, 0) is 16.1 Å². The summed E-state index contributed by atoms with van der Waals surface area (Å²) in [6, 6.07) is 8.56. The van der Waals surface area contributed by atoms with E-state index in [1.54, 1.807) is 11.8 Å². The molecular weight excluding hydrogens is 246 g/mol. The van der Waals surface area contributed by atoms with Crippen LogP contribution in [-0.4, -0.2) is 25.4 Å². The van der Waals surface area contributed by atoms with Crippen LogP contribution in [0.3, 0.4) is 0 Å². The van der Waals surface area contributed by atoms with Crippen molar-refractivity contribution in [1.82, 2.24) is 5.32 Å². The van der Waals surface area contributed by atoms with Crippen molar-refractivity contribution in [2.45, 2.75) is 31.2 Å². The zero-order valence-electron chi connectivity index (χ0n) is 11.1. The lowest BCUT2D eigenvalue weighted by molar-refractivity contribution is -0.140. The van der Waals surface area contributed by atoms with E-state index in [0.29, 0.717) is 6.42 Å². The number of methoxy groups -OCH3 is 1. The van der Waals surface area contributed by atoms with Crippen molar-refractivity contribution in [2.75, 3.05) is 19.4 Å². The molecule has 0 saturated heterocycles. The van der Waals surface area contributed by atoms with Gasteiger partial charge in [0.1, 0.15) is 0 Å². The topological polar surface area (TPSA) is 38.3 Å². The molecule has 0 amide bonds. The van der Waals surface area contributed by atoms with E-state index < -0.39 is 0 Å². The number of nitrogens with one attached hydrogen (secondary N) is 1. The zero-order valence-corrected chi connectivity index (χ0v) is 11.9. The van der Waals surface area contributed by atoms with Gasteiger partial charge in [-0.15, -0.1) is 11.8 Å². The van der Waals surface area contributed by atoms with Gasteiger partial charge in [0.15, 0.2) is 0 Å². The summed E-state index contributed by atoms with van der Waals surface area (Å²) in [7, 11) is 1.43. The van der Waals surface area contributed by atoms with Crippen LogP contribution in [0.15, 0.2) is 29.2 Å². The van der Waals surface area contributed by atoms with Gasteiger partial charge in [-0.25, -0.2) is 0 Å². The standard InChI is InChI=1S/C14H21NO2S/c1-3-15-11-12-6-8-13(9-7-12)18-10-4-5-14(16)17-2/h6-9,15H,3-5,10-11H2,1-2H3. The average molecular weight is 267 g/mol. The van der Waals surface area contributed by atoms with E-state index in [2.05, 4.69) is 41.2 Å². The predicted octanol–water partition coefficient (Wildman–Crippen LogP) is 2.84. The zero-order chi connectivity index (χ0) is 13.2. The molecule has 3 nitrogen and oxygen atoms in total. The van der Waals surface area contributed by atoms with Crippen molar-refractivity contribution < 1.29 is 9.53 Å². The molecule has 18 heavy (non-hydrogen) atoms. The Hall–Kier alpha value is -1.00. The van der Waals surface area contributed by atoms with E-state index >= 15 is 0 Å². The SMILES string of the molecule is CCNCc1ccc(SCCCC(=O)OC)cc1. The van der Waals surface area contributed by atoms with Gasteiger partial charge in [-0.1, -0.05) is 19.1 Å². The van der Waals surface area contributed by atoms with E-state index in [1.807, 2.05) is 0 Å². The maximum absolute atomic E-state index is 10.9. The van der Waals surface area contributed by atoms with Gasteiger partial charge in [-0.2, -0.15) is 0 Å². The van der Waals surface area contributed by atoms with Crippen molar-refractivity contribution in [2.24, 2.45) is 0 Å². The molecule has 1 aromatic carbocycles. The van der Waals surface area contributed by atoms with Gasteiger partial charge >= 0.3 is 5.97 Å². The lowest BCUT2D eigenvalue weighted by Crippen LogP contribution is -2.11. The van der Waals surface area contributed by atoms with Crippen molar-refractivity contribution in [3.05, 3.63) is 29.8 Å². The average Bonchev–Trinajstić information content (AvgIpc) is 2.42. The molecule has 0 fully saturated rings. The fraction of sp³-hybridized carbons (Fsp3) is 0.500. The van der Waals surface area contributed by atoms with Crippen LogP contribution in [0.2, 0.25) is 0 Å². The van der Waals surface area contributed by atoms with Crippen molar-refractivity contribution >= 4 is 17.7 Å². The number of thioether (sulfide) groups is 1. The van der Waals surface area contributed by atoms with Gasteiger partial charge < -0.3 is 10.1 Å². The Balaban J connectivity index is 2.24. The summed E-state index contributed by atoms with van der Waals surface area (Å²) in [4.78, 5) is 12.2. The number of benzene rings is 1. The van der Waals surface area contributed by atoms with Gasteiger partial charge in [0.05, 0.1) is 7.11 Å². The van der Waals surface area contributed by atoms with E-state index in [-0.39, 0.29) is 5.97 Å². The summed E-state index contributed by atoms with van der Waals surface area (Å²) in [5.74, 6) is 0.818. The second-order valence-electron chi connectivity index (χ2n) is 3.95. The maximum Gasteiger partial charge on any atom is 0.305 e. The third kappa shape index (κ3) is 6.07.